The summed E-state index contributed by atoms with van der Waals surface area (Å²) >= 11 is 1.06. The third-order valence-corrected chi connectivity index (χ3v) is 4.45. The molecule has 29 heavy (non-hydrogen) atoms. The zero-order chi connectivity index (χ0) is 21.2. The second kappa shape index (κ2) is 10.9. The Morgan fingerprint density at radius 3 is 2.41 bits per heavy atom. The van der Waals surface area contributed by atoms with Crippen LogP contribution in [0, 0.1) is 24.5 Å². The molecular weight excluding hydrogens is 388 g/mol. The Hall–Kier alpha value is -3.24. The summed E-state index contributed by atoms with van der Waals surface area (Å²) in [5, 5.41) is 13.5. The van der Waals surface area contributed by atoms with Crippen LogP contribution in [0.4, 0.5) is 5.69 Å². The number of thiocyanates is 1. The third kappa shape index (κ3) is 7.01. The van der Waals surface area contributed by atoms with E-state index in [1.54, 1.807) is 6.08 Å². The molecule has 0 aliphatic carbocycles. The molecule has 0 fully saturated rings. The van der Waals surface area contributed by atoms with Crippen molar-refractivity contribution < 1.29 is 19.1 Å². The lowest BCUT2D eigenvalue weighted by molar-refractivity contribution is -0.142. The molecule has 0 saturated heterocycles. The molecule has 7 heteroatoms. The highest BCUT2D eigenvalue weighted by molar-refractivity contribution is 8.03. The molecule has 0 saturated carbocycles. The number of amides is 1. The number of anilines is 1. The molecule has 2 rings (SSSR count). The van der Waals surface area contributed by atoms with E-state index < -0.39 is 11.9 Å². The van der Waals surface area contributed by atoms with Gasteiger partial charge in [-0.1, -0.05) is 12.1 Å². The number of benzene rings is 2. The number of esters is 1. The minimum Gasteiger partial charge on any atom is -0.494 e. The maximum absolute atomic E-state index is 12.1. The van der Waals surface area contributed by atoms with Crippen LogP contribution in [0.3, 0.4) is 0 Å². The summed E-state index contributed by atoms with van der Waals surface area (Å²) in [5.74, 6) is -0.281. The van der Waals surface area contributed by atoms with Crippen LogP contribution in [-0.4, -0.2) is 25.1 Å². The van der Waals surface area contributed by atoms with Gasteiger partial charge in [-0.3, -0.25) is 4.79 Å². The summed E-state index contributed by atoms with van der Waals surface area (Å²) < 4.78 is 10.4. The van der Waals surface area contributed by atoms with E-state index in [4.69, 9.17) is 14.7 Å². The molecule has 0 aliphatic heterocycles. The predicted octanol–water partition coefficient (Wildman–Crippen LogP) is 4.47. The molecule has 0 bridgehead atoms. The van der Waals surface area contributed by atoms with Crippen molar-refractivity contribution in [3.05, 3.63) is 59.2 Å². The number of aryl methyl sites for hydroxylation is 2. The van der Waals surface area contributed by atoms with Crippen molar-refractivity contribution in [3.63, 3.8) is 0 Å². The zero-order valence-electron chi connectivity index (χ0n) is 16.5. The Balaban J connectivity index is 1.87. The fourth-order valence-electron chi connectivity index (χ4n) is 2.60. The van der Waals surface area contributed by atoms with Crippen LogP contribution >= 0.6 is 11.8 Å². The average molecular weight is 410 g/mol. The summed E-state index contributed by atoms with van der Waals surface area (Å²) in [6.07, 6.45) is 2.88. The average Bonchev–Trinajstić information content (AvgIpc) is 2.69. The number of rotatable bonds is 8. The molecule has 0 spiro atoms. The van der Waals surface area contributed by atoms with Crippen LogP contribution in [0.1, 0.15) is 23.6 Å². The van der Waals surface area contributed by atoms with E-state index in [9.17, 15) is 9.59 Å². The van der Waals surface area contributed by atoms with E-state index in [0.717, 1.165) is 39.1 Å². The van der Waals surface area contributed by atoms with Gasteiger partial charge in [-0.25, -0.2) is 4.79 Å². The van der Waals surface area contributed by atoms with Gasteiger partial charge in [0, 0.05) is 16.7 Å². The van der Waals surface area contributed by atoms with Crippen molar-refractivity contribution in [1.82, 2.24) is 0 Å². The van der Waals surface area contributed by atoms with Crippen LogP contribution in [0.5, 0.6) is 5.75 Å². The van der Waals surface area contributed by atoms with Crippen molar-refractivity contribution >= 4 is 35.4 Å². The van der Waals surface area contributed by atoms with E-state index in [-0.39, 0.29) is 6.61 Å². The van der Waals surface area contributed by atoms with E-state index >= 15 is 0 Å². The van der Waals surface area contributed by atoms with Gasteiger partial charge in [-0.15, -0.1) is 0 Å². The molecule has 2 aromatic rings. The van der Waals surface area contributed by atoms with E-state index in [1.807, 2.05) is 62.6 Å². The maximum atomic E-state index is 12.1. The van der Waals surface area contributed by atoms with Crippen LogP contribution in [0.2, 0.25) is 0 Å². The molecule has 150 valence electrons. The van der Waals surface area contributed by atoms with Gasteiger partial charge in [0.2, 0.25) is 0 Å². The van der Waals surface area contributed by atoms with Gasteiger partial charge in [0.05, 0.1) is 6.61 Å². The molecule has 0 aromatic heterocycles. The first-order valence-corrected chi connectivity index (χ1v) is 9.79. The number of nitrogens with zero attached hydrogens (tertiary/aromatic N) is 1. The van der Waals surface area contributed by atoms with Gasteiger partial charge in [-0.2, -0.15) is 5.26 Å². The van der Waals surface area contributed by atoms with Crippen LogP contribution in [-0.2, 0) is 14.3 Å². The molecule has 1 N–H and O–H groups in total. The van der Waals surface area contributed by atoms with Crippen LogP contribution in [0.25, 0.3) is 6.08 Å². The molecule has 6 nitrogen and oxygen atoms in total. The summed E-state index contributed by atoms with van der Waals surface area (Å²) in [7, 11) is 0. The number of ether oxygens (including phenoxy) is 2. The number of hydrogen-bond donors (Lipinski definition) is 1. The summed E-state index contributed by atoms with van der Waals surface area (Å²) in [5.41, 5.74) is 3.13. The lowest BCUT2D eigenvalue weighted by Gasteiger charge is -2.12. The molecule has 0 aliphatic rings. The Kier molecular flexibility index (Phi) is 8.31. The Labute approximate surface area is 174 Å². The Bertz CT molecular complexity index is 923. The van der Waals surface area contributed by atoms with Gasteiger partial charge >= 0.3 is 5.97 Å². The number of carbonyl (C=O) groups is 2. The normalized spacial score (nSPS) is 10.4. The van der Waals surface area contributed by atoms with Crippen molar-refractivity contribution in [1.29, 1.82) is 5.26 Å². The van der Waals surface area contributed by atoms with E-state index in [1.165, 1.54) is 6.08 Å². The van der Waals surface area contributed by atoms with Gasteiger partial charge in [0.15, 0.2) is 6.61 Å². The summed E-state index contributed by atoms with van der Waals surface area (Å²) in [6.45, 7) is 5.79. The first-order valence-electron chi connectivity index (χ1n) is 8.97. The Morgan fingerprint density at radius 2 is 1.83 bits per heavy atom. The number of hydrogen-bond acceptors (Lipinski definition) is 6. The fourth-order valence-corrected chi connectivity index (χ4v) is 3.18. The molecule has 0 radical (unpaired) electrons. The fraction of sp³-hybridized carbons (Fsp3) is 0.227. The van der Waals surface area contributed by atoms with Crippen LogP contribution in [0.15, 0.2) is 47.4 Å². The molecule has 2 aromatic carbocycles. The smallest absolute Gasteiger partial charge is 0.331 e. The topological polar surface area (TPSA) is 88.4 Å². The monoisotopic (exact) mass is 410 g/mol. The molecule has 0 atom stereocenters. The Morgan fingerprint density at radius 1 is 1.17 bits per heavy atom. The molecule has 0 unspecified atom stereocenters. The van der Waals surface area contributed by atoms with Gasteiger partial charge in [-0.05, 0) is 79.6 Å². The predicted molar refractivity (Wildman–Crippen MR) is 114 cm³/mol. The summed E-state index contributed by atoms with van der Waals surface area (Å²) in [6, 6.07) is 10.9. The highest BCUT2D eigenvalue weighted by atomic mass is 32.2. The highest BCUT2D eigenvalue weighted by Crippen LogP contribution is 2.27. The second-order valence-corrected chi connectivity index (χ2v) is 6.97. The van der Waals surface area contributed by atoms with Gasteiger partial charge < -0.3 is 14.8 Å². The maximum Gasteiger partial charge on any atom is 0.331 e. The SMILES string of the molecule is CCOc1ccc(/C=C/C(=O)OCC(=O)Nc2c(C)cc(SC#N)cc2C)cc1. The molecule has 0 heterocycles. The van der Waals surface area contributed by atoms with Crippen molar-refractivity contribution in [2.45, 2.75) is 25.7 Å². The van der Waals surface area contributed by atoms with Gasteiger partial charge in [0.25, 0.3) is 5.91 Å². The van der Waals surface area contributed by atoms with Crippen molar-refractivity contribution in [2.24, 2.45) is 0 Å². The number of nitrogens with one attached hydrogen (secondary N) is 1. The summed E-state index contributed by atoms with van der Waals surface area (Å²) in [4.78, 5) is 24.8. The van der Waals surface area contributed by atoms with E-state index in [2.05, 4.69) is 5.32 Å². The number of carbonyl (C=O) groups excluding carboxylic acids is 2. The van der Waals surface area contributed by atoms with E-state index in [0.29, 0.717) is 12.3 Å². The zero-order valence-corrected chi connectivity index (χ0v) is 17.3. The minimum absolute atomic E-state index is 0.389. The highest BCUT2D eigenvalue weighted by Gasteiger charge is 2.11. The second-order valence-electron chi connectivity index (χ2n) is 6.12. The molecular formula is C22H22N2O4S. The van der Waals surface area contributed by atoms with Crippen molar-refractivity contribution in [3.8, 4) is 11.2 Å². The van der Waals surface area contributed by atoms with Crippen molar-refractivity contribution in [2.75, 3.05) is 18.5 Å². The first kappa shape index (κ1) is 22.1. The first-order chi connectivity index (χ1) is 13.9. The quantitative estimate of drug-likeness (QED) is 0.299. The largest absolute Gasteiger partial charge is 0.494 e. The molecule has 1 amide bonds. The van der Waals surface area contributed by atoms with Crippen LogP contribution < -0.4 is 10.1 Å². The minimum atomic E-state index is -0.608. The lowest BCUT2D eigenvalue weighted by Crippen LogP contribution is -2.21. The third-order valence-electron chi connectivity index (χ3n) is 3.88. The number of thioether (sulfide) groups is 1. The van der Waals surface area contributed by atoms with Gasteiger partial charge in [0.1, 0.15) is 11.2 Å². The number of nitriles is 1. The lowest BCUT2D eigenvalue weighted by atomic mass is 10.1. The standard InChI is InChI=1S/C22H22N2O4S/c1-4-27-18-8-5-17(6-9-18)7-10-21(26)28-13-20(25)24-22-15(2)11-19(29-14-23)12-16(22)3/h5-12H,4,13H2,1-3H3,(H,24,25)/b10-7+.